The normalized spacial score (nSPS) is 16.2. The van der Waals surface area contributed by atoms with E-state index in [1.165, 1.54) is 4.90 Å². The molecule has 2 N–H and O–H groups in total. The van der Waals surface area contributed by atoms with Crippen LogP contribution in [-0.4, -0.2) is 57.7 Å². The molecule has 1 aliphatic rings. The molecule has 1 saturated heterocycles. The van der Waals surface area contributed by atoms with E-state index in [0.29, 0.717) is 18.2 Å². The molecule has 0 aromatic heterocycles. The first-order valence-electron chi connectivity index (χ1n) is 9.35. The molecule has 2 aromatic rings. The average Bonchev–Trinajstić information content (AvgIpc) is 2.68. The van der Waals surface area contributed by atoms with E-state index in [4.69, 9.17) is 21.1 Å². The summed E-state index contributed by atoms with van der Waals surface area (Å²) in [4.78, 5) is 3.74. The number of anilines is 1. The van der Waals surface area contributed by atoms with Crippen molar-refractivity contribution in [3.63, 3.8) is 0 Å². The number of hydrogen-bond donors (Lipinski definition) is 2. The monoisotopic (exact) mass is 391 g/mol. The minimum atomic E-state index is -0.493. The van der Waals surface area contributed by atoms with Gasteiger partial charge in [0.25, 0.3) is 0 Å². The highest BCUT2D eigenvalue weighted by Gasteiger charge is 2.24. The number of nitrogens with zero attached hydrogens (tertiary/aromatic N) is 1. The Morgan fingerprint density at radius 3 is 2.59 bits per heavy atom. The van der Waals surface area contributed by atoms with Crippen LogP contribution < -0.4 is 19.3 Å². The van der Waals surface area contributed by atoms with Crippen LogP contribution in [-0.2, 0) is 0 Å². The van der Waals surface area contributed by atoms with E-state index >= 15 is 0 Å². The van der Waals surface area contributed by atoms with Crippen molar-refractivity contribution in [2.45, 2.75) is 13.0 Å². The van der Waals surface area contributed by atoms with Gasteiger partial charge in [0.1, 0.15) is 30.8 Å². The summed E-state index contributed by atoms with van der Waals surface area (Å²) in [7, 11) is 1.71. The lowest BCUT2D eigenvalue weighted by Gasteiger charge is -2.35. The van der Waals surface area contributed by atoms with Gasteiger partial charge in [-0.2, -0.15) is 0 Å². The number of hydrogen-bond acceptors (Lipinski definition) is 4. The first kappa shape index (κ1) is 19.8. The van der Waals surface area contributed by atoms with Gasteiger partial charge in [-0.25, -0.2) is 0 Å². The first-order chi connectivity index (χ1) is 13.1. The number of halogens is 1. The quantitative estimate of drug-likeness (QED) is 0.755. The van der Waals surface area contributed by atoms with E-state index in [2.05, 4.69) is 11.0 Å². The van der Waals surface area contributed by atoms with Gasteiger partial charge in [-0.3, -0.25) is 0 Å². The Labute approximate surface area is 166 Å². The fourth-order valence-electron chi connectivity index (χ4n) is 3.51. The lowest BCUT2D eigenvalue weighted by atomic mass is 10.2. The summed E-state index contributed by atoms with van der Waals surface area (Å²) in [6.07, 6.45) is -0.493. The Hall–Kier alpha value is -1.95. The number of aliphatic hydroxyl groups excluding tert-OH is 1. The summed E-state index contributed by atoms with van der Waals surface area (Å²) in [5.74, 6) is 1.68. The number of aryl methyl sites for hydroxylation is 1. The lowest BCUT2D eigenvalue weighted by molar-refractivity contribution is -0.903. The Morgan fingerprint density at radius 2 is 1.89 bits per heavy atom. The zero-order chi connectivity index (χ0) is 19.2. The van der Waals surface area contributed by atoms with Crippen molar-refractivity contribution < 1.29 is 19.5 Å². The van der Waals surface area contributed by atoms with Gasteiger partial charge >= 0.3 is 0 Å². The molecule has 1 atom stereocenters. The van der Waals surface area contributed by atoms with Gasteiger partial charge in [-0.05, 0) is 42.8 Å². The number of benzene rings is 2. The Bertz CT molecular complexity index is 748. The van der Waals surface area contributed by atoms with Crippen LogP contribution in [0.2, 0.25) is 5.02 Å². The number of ether oxygens (including phenoxy) is 2. The van der Waals surface area contributed by atoms with E-state index in [1.807, 2.05) is 37.3 Å². The second-order valence-electron chi connectivity index (χ2n) is 6.99. The molecule has 3 rings (SSSR count). The molecular weight excluding hydrogens is 364 g/mol. The van der Waals surface area contributed by atoms with E-state index in [1.54, 1.807) is 13.2 Å². The second-order valence-corrected chi connectivity index (χ2v) is 7.42. The largest absolute Gasteiger partial charge is 0.495 e. The summed E-state index contributed by atoms with van der Waals surface area (Å²) in [5, 5.41) is 11.1. The molecule has 5 nitrogen and oxygen atoms in total. The van der Waals surface area contributed by atoms with Crippen molar-refractivity contribution in [3.8, 4) is 11.5 Å². The summed E-state index contributed by atoms with van der Waals surface area (Å²) < 4.78 is 11.2. The molecule has 146 valence electrons. The molecule has 1 aliphatic heterocycles. The molecular formula is C21H28ClN2O3+. The van der Waals surface area contributed by atoms with Crippen LogP contribution in [0.15, 0.2) is 42.5 Å². The van der Waals surface area contributed by atoms with Crippen LogP contribution in [0.1, 0.15) is 5.56 Å². The Kier molecular flexibility index (Phi) is 6.83. The molecule has 0 saturated carbocycles. The fourth-order valence-corrected chi connectivity index (χ4v) is 3.74. The number of quaternary nitrogens is 1. The van der Waals surface area contributed by atoms with Gasteiger partial charge in [0.05, 0.1) is 39.0 Å². The van der Waals surface area contributed by atoms with Crippen LogP contribution in [0.4, 0.5) is 5.69 Å². The van der Waals surface area contributed by atoms with Gasteiger partial charge in [-0.1, -0.05) is 23.7 Å². The zero-order valence-electron chi connectivity index (χ0n) is 16.0. The number of piperazine rings is 1. The molecule has 0 amide bonds. The molecule has 0 aliphatic carbocycles. The van der Waals surface area contributed by atoms with Gasteiger partial charge in [0.15, 0.2) is 0 Å². The van der Waals surface area contributed by atoms with Crippen molar-refractivity contribution >= 4 is 17.3 Å². The predicted octanol–water partition coefficient (Wildman–Crippen LogP) is 1.80. The summed E-state index contributed by atoms with van der Waals surface area (Å²) >= 11 is 5.96. The molecule has 0 radical (unpaired) electrons. The zero-order valence-corrected chi connectivity index (χ0v) is 16.7. The minimum Gasteiger partial charge on any atom is -0.495 e. The van der Waals surface area contributed by atoms with Crippen molar-refractivity contribution in [3.05, 3.63) is 53.1 Å². The molecule has 27 heavy (non-hydrogen) atoms. The summed E-state index contributed by atoms with van der Waals surface area (Å²) in [5.41, 5.74) is 2.12. The van der Waals surface area contributed by atoms with Crippen molar-refractivity contribution in [1.82, 2.24) is 0 Å². The maximum Gasteiger partial charge on any atom is 0.142 e. The fraction of sp³-hybridized carbons (Fsp3) is 0.429. The summed E-state index contributed by atoms with van der Waals surface area (Å²) in [6.45, 7) is 6.79. The molecule has 0 bridgehead atoms. The van der Waals surface area contributed by atoms with E-state index < -0.39 is 6.10 Å². The predicted molar refractivity (Wildman–Crippen MR) is 108 cm³/mol. The molecule has 1 fully saturated rings. The first-order valence-corrected chi connectivity index (χ1v) is 9.73. The SMILES string of the molecule is COc1ccccc1N1CC[NH+](C[C@H](O)COc2ccc(Cl)cc2C)CC1. The topological polar surface area (TPSA) is 46.4 Å². The number of nitrogens with one attached hydrogen (secondary N) is 1. The van der Waals surface area contributed by atoms with E-state index in [9.17, 15) is 5.11 Å². The van der Waals surface area contributed by atoms with Crippen molar-refractivity contribution in [2.24, 2.45) is 0 Å². The third-order valence-corrected chi connectivity index (χ3v) is 5.22. The standard InChI is InChI=1S/C21H27ClN2O3/c1-16-13-17(22)7-8-20(16)27-15-18(25)14-23-9-11-24(12-10-23)19-5-3-4-6-21(19)26-2/h3-8,13,18,25H,9-12,14-15H2,1-2H3/p+1/t18-/m0/s1. The second kappa shape index (κ2) is 9.31. The van der Waals surface area contributed by atoms with Crippen LogP contribution in [0.3, 0.4) is 0 Å². The highest BCUT2D eigenvalue weighted by atomic mass is 35.5. The van der Waals surface area contributed by atoms with E-state index in [0.717, 1.165) is 48.9 Å². The molecule has 2 aromatic carbocycles. The molecule has 6 heteroatoms. The van der Waals surface area contributed by atoms with Gasteiger partial charge < -0.3 is 24.4 Å². The number of methoxy groups -OCH3 is 1. The van der Waals surface area contributed by atoms with Crippen molar-refractivity contribution in [2.75, 3.05) is 51.3 Å². The summed E-state index contributed by atoms with van der Waals surface area (Å²) in [6, 6.07) is 13.6. The number of rotatable bonds is 7. The maximum atomic E-state index is 10.4. The average molecular weight is 392 g/mol. The third kappa shape index (κ3) is 5.28. The highest BCUT2D eigenvalue weighted by Crippen LogP contribution is 2.27. The van der Waals surface area contributed by atoms with E-state index in [-0.39, 0.29) is 0 Å². The Balaban J connectivity index is 1.46. The van der Waals surface area contributed by atoms with Gasteiger partial charge in [0, 0.05) is 5.02 Å². The minimum absolute atomic E-state index is 0.294. The lowest BCUT2D eigenvalue weighted by Crippen LogP contribution is -3.16. The number of aliphatic hydroxyl groups is 1. The highest BCUT2D eigenvalue weighted by molar-refractivity contribution is 6.30. The maximum absolute atomic E-state index is 10.4. The molecule has 0 unspecified atom stereocenters. The van der Waals surface area contributed by atoms with Crippen LogP contribution in [0.5, 0.6) is 11.5 Å². The Morgan fingerprint density at radius 1 is 1.15 bits per heavy atom. The van der Waals surface area contributed by atoms with Crippen LogP contribution >= 0.6 is 11.6 Å². The van der Waals surface area contributed by atoms with Gasteiger partial charge in [0.2, 0.25) is 0 Å². The molecule has 0 spiro atoms. The number of para-hydroxylation sites is 2. The van der Waals surface area contributed by atoms with Crippen molar-refractivity contribution in [1.29, 1.82) is 0 Å². The van der Waals surface area contributed by atoms with Crippen LogP contribution in [0.25, 0.3) is 0 Å². The molecule has 1 heterocycles. The van der Waals surface area contributed by atoms with Gasteiger partial charge in [-0.15, -0.1) is 0 Å². The third-order valence-electron chi connectivity index (χ3n) is 4.99. The smallest absolute Gasteiger partial charge is 0.142 e. The van der Waals surface area contributed by atoms with Crippen LogP contribution in [0, 0.1) is 6.92 Å².